The molecule has 3 aromatic rings. The van der Waals surface area contributed by atoms with Gasteiger partial charge in [-0.15, -0.1) is 0 Å². The van der Waals surface area contributed by atoms with Crippen molar-refractivity contribution in [2.45, 2.75) is 58.1 Å². The molecular formula is C30H30F3N5O4. The number of rotatable bonds is 5. The third-order valence-corrected chi connectivity index (χ3v) is 7.00. The van der Waals surface area contributed by atoms with Crippen molar-refractivity contribution < 1.29 is 32.3 Å². The number of ether oxygens (including phenoxy) is 1. The number of nitrogens with one attached hydrogen (secondary N) is 2. The molecule has 1 unspecified atom stereocenters. The van der Waals surface area contributed by atoms with Gasteiger partial charge in [0.1, 0.15) is 40.1 Å². The highest BCUT2D eigenvalue weighted by Gasteiger charge is 2.32. The van der Waals surface area contributed by atoms with Gasteiger partial charge in [-0.25, -0.2) is 22.9 Å². The van der Waals surface area contributed by atoms with Crippen LogP contribution in [0.4, 0.5) is 29.3 Å². The highest BCUT2D eigenvalue weighted by atomic mass is 19.1. The third-order valence-electron chi connectivity index (χ3n) is 7.00. The highest BCUT2D eigenvalue weighted by molar-refractivity contribution is 6.07. The maximum Gasteiger partial charge on any atom is 0.407 e. The van der Waals surface area contributed by atoms with E-state index in [-0.39, 0.29) is 29.6 Å². The van der Waals surface area contributed by atoms with E-state index in [1.165, 1.54) is 6.20 Å². The second kappa shape index (κ2) is 11.4. The van der Waals surface area contributed by atoms with Crippen LogP contribution < -0.4 is 15.5 Å². The number of Topliss-reactive ketones (excluding diaryl/α,β-unsaturated/α-hetero) is 1. The van der Waals surface area contributed by atoms with E-state index >= 15 is 0 Å². The second-order valence-electron chi connectivity index (χ2n) is 11.3. The summed E-state index contributed by atoms with van der Waals surface area (Å²) in [6.07, 6.45) is 2.96. The molecule has 42 heavy (non-hydrogen) atoms. The number of nitrogens with zero attached hydrogens (tertiary/aromatic N) is 3. The number of carbonyl (C=O) groups is 3. The molecule has 2 amide bonds. The Morgan fingerprint density at radius 3 is 2.48 bits per heavy atom. The highest BCUT2D eigenvalue weighted by Crippen LogP contribution is 2.38. The lowest BCUT2D eigenvalue weighted by molar-refractivity contribution is 0.0499. The van der Waals surface area contributed by atoms with Crippen LogP contribution in [0.3, 0.4) is 0 Å². The van der Waals surface area contributed by atoms with Crippen LogP contribution in [-0.2, 0) is 11.2 Å². The fraction of sp³-hybridized carbons (Fsp3) is 0.367. The van der Waals surface area contributed by atoms with E-state index in [0.717, 1.165) is 36.8 Å². The summed E-state index contributed by atoms with van der Waals surface area (Å²) in [4.78, 5) is 48.5. The first-order valence-electron chi connectivity index (χ1n) is 13.6. The van der Waals surface area contributed by atoms with Crippen molar-refractivity contribution >= 4 is 29.2 Å². The van der Waals surface area contributed by atoms with E-state index < -0.39 is 46.3 Å². The van der Waals surface area contributed by atoms with Crippen LogP contribution in [0, 0.1) is 17.5 Å². The molecule has 0 saturated carbocycles. The van der Waals surface area contributed by atoms with Gasteiger partial charge in [-0.2, -0.15) is 0 Å². The van der Waals surface area contributed by atoms with Crippen LogP contribution >= 0.6 is 0 Å². The van der Waals surface area contributed by atoms with Crippen LogP contribution in [0.25, 0.3) is 11.3 Å². The standard InChI is InChI=1S/C30H30F3N5O4/c1-30(2,3)42-29(41)35-16-6-5-13-38(15-16)27-17-9-12-23(39)25(17)34-14-22(27)37-28(40)21-11-10-20(33)26(36-21)24-18(31)7-4-8-19(24)32/h4,7-8,10-11,14,16H,5-6,9,12-13,15H2,1-3H3,(H,35,41)(H,37,40). The molecule has 0 bridgehead atoms. The van der Waals surface area contributed by atoms with Crippen LogP contribution in [0.2, 0.25) is 0 Å². The number of fused-ring (bicyclic) bond motifs is 1. The molecule has 0 radical (unpaired) electrons. The van der Waals surface area contributed by atoms with E-state index in [1.54, 1.807) is 20.8 Å². The number of amides is 2. The van der Waals surface area contributed by atoms with Gasteiger partial charge in [-0.3, -0.25) is 14.6 Å². The molecule has 1 fully saturated rings. The monoisotopic (exact) mass is 581 g/mol. The summed E-state index contributed by atoms with van der Waals surface area (Å²) in [6, 6.07) is 4.86. The van der Waals surface area contributed by atoms with Gasteiger partial charge in [0.05, 0.1) is 23.1 Å². The average molecular weight is 582 g/mol. The fourth-order valence-electron chi connectivity index (χ4n) is 5.26. The molecule has 1 aliphatic carbocycles. The van der Waals surface area contributed by atoms with Crippen LogP contribution in [-0.4, -0.2) is 52.5 Å². The number of halogens is 3. The van der Waals surface area contributed by atoms with Crippen molar-refractivity contribution in [3.05, 3.63) is 70.9 Å². The number of benzene rings is 1. The zero-order chi connectivity index (χ0) is 30.2. The number of piperidine rings is 1. The molecule has 2 N–H and O–H groups in total. The zero-order valence-corrected chi connectivity index (χ0v) is 23.4. The van der Waals surface area contributed by atoms with Crippen molar-refractivity contribution in [1.29, 1.82) is 0 Å². The minimum absolute atomic E-state index is 0.110. The first-order chi connectivity index (χ1) is 19.9. The topological polar surface area (TPSA) is 114 Å². The molecule has 1 saturated heterocycles. The molecule has 1 aromatic carbocycles. The molecule has 1 aliphatic heterocycles. The van der Waals surface area contributed by atoms with E-state index in [4.69, 9.17) is 4.74 Å². The lowest BCUT2D eigenvalue weighted by Gasteiger charge is -2.37. The Balaban J connectivity index is 1.44. The van der Waals surface area contributed by atoms with Crippen molar-refractivity contribution in [2.75, 3.05) is 23.3 Å². The number of hydrogen-bond donors (Lipinski definition) is 2. The zero-order valence-electron chi connectivity index (χ0n) is 23.4. The molecule has 2 aromatic heterocycles. The van der Waals surface area contributed by atoms with Gasteiger partial charge in [-0.1, -0.05) is 6.07 Å². The number of anilines is 2. The van der Waals surface area contributed by atoms with Gasteiger partial charge < -0.3 is 20.3 Å². The van der Waals surface area contributed by atoms with Crippen molar-refractivity contribution in [1.82, 2.24) is 15.3 Å². The maximum atomic E-state index is 14.6. The van der Waals surface area contributed by atoms with Crippen LogP contribution in [0.1, 0.15) is 66.6 Å². The summed E-state index contributed by atoms with van der Waals surface area (Å²) in [5.74, 6) is -3.91. The summed E-state index contributed by atoms with van der Waals surface area (Å²) in [6.45, 7) is 6.30. The molecule has 9 nitrogen and oxygen atoms in total. The molecule has 12 heteroatoms. The first kappa shape index (κ1) is 29.0. The Hall–Kier alpha value is -4.48. The molecule has 220 valence electrons. The van der Waals surface area contributed by atoms with Crippen molar-refractivity contribution in [3.8, 4) is 11.3 Å². The summed E-state index contributed by atoms with van der Waals surface area (Å²) in [5.41, 5.74) is -0.371. The molecular weight excluding hydrogens is 551 g/mol. The Bertz CT molecular complexity index is 1550. The normalized spacial score (nSPS) is 16.7. The number of pyridine rings is 2. The predicted molar refractivity (Wildman–Crippen MR) is 149 cm³/mol. The van der Waals surface area contributed by atoms with Gasteiger partial charge in [-0.05, 0) is 64.3 Å². The lowest BCUT2D eigenvalue weighted by atomic mass is 10.0. The number of aromatic nitrogens is 2. The minimum atomic E-state index is -1.02. The molecule has 2 aliphatic rings. The summed E-state index contributed by atoms with van der Waals surface area (Å²) < 4.78 is 48.8. The van der Waals surface area contributed by atoms with Gasteiger partial charge in [0, 0.05) is 31.1 Å². The van der Waals surface area contributed by atoms with E-state index in [1.807, 2.05) is 4.90 Å². The van der Waals surface area contributed by atoms with Gasteiger partial charge in [0.25, 0.3) is 5.91 Å². The molecule has 1 atom stereocenters. The third kappa shape index (κ3) is 6.07. The Kier molecular flexibility index (Phi) is 7.89. The number of hydrogen-bond acceptors (Lipinski definition) is 7. The number of ketones is 1. The van der Waals surface area contributed by atoms with Crippen LogP contribution in [0.15, 0.2) is 36.5 Å². The molecule has 0 spiro atoms. The van der Waals surface area contributed by atoms with Gasteiger partial charge in [0.2, 0.25) is 0 Å². The fourth-order valence-corrected chi connectivity index (χ4v) is 5.26. The quantitative estimate of drug-likeness (QED) is 0.413. The van der Waals surface area contributed by atoms with E-state index in [2.05, 4.69) is 20.6 Å². The Morgan fingerprint density at radius 2 is 1.76 bits per heavy atom. The number of alkyl carbamates (subject to hydrolysis) is 1. The van der Waals surface area contributed by atoms with E-state index in [0.29, 0.717) is 42.9 Å². The maximum absolute atomic E-state index is 14.6. The first-order valence-corrected chi connectivity index (χ1v) is 13.6. The largest absolute Gasteiger partial charge is 0.444 e. The molecule has 3 heterocycles. The summed E-state index contributed by atoms with van der Waals surface area (Å²) in [7, 11) is 0. The Labute approximate surface area is 240 Å². The second-order valence-corrected chi connectivity index (χ2v) is 11.3. The SMILES string of the molecule is CC(C)(C)OC(=O)NC1CCCN(c2c(NC(=O)c3ccc(F)c(-c4c(F)cccc4F)n3)cnc3c2CCC3=O)C1. The van der Waals surface area contributed by atoms with Gasteiger partial charge >= 0.3 is 6.09 Å². The summed E-state index contributed by atoms with van der Waals surface area (Å²) in [5, 5.41) is 5.64. The average Bonchev–Trinajstić information content (AvgIpc) is 3.28. The minimum Gasteiger partial charge on any atom is -0.444 e. The molecule has 5 rings (SSSR count). The van der Waals surface area contributed by atoms with Crippen molar-refractivity contribution in [3.63, 3.8) is 0 Å². The summed E-state index contributed by atoms with van der Waals surface area (Å²) >= 11 is 0. The number of carbonyl (C=O) groups excluding carboxylic acids is 3. The van der Waals surface area contributed by atoms with Gasteiger partial charge in [0.15, 0.2) is 5.78 Å². The predicted octanol–water partition coefficient (Wildman–Crippen LogP) is 5.44. The smallest absolute Gasteiger partial charge is 0.407 e. The van der Waals surface area contributed by atoms with Crippen LogP contribution in [0.5, 0.6) is 0 Å². The van der Waals surface area contributed by atoms with E-state index in [9.17, 15) is 27.6 Å². The Morgan fingerprint density at radius 1 is 1.02 bits per heavy atom. The lowest BCUT2D eigenvalue weighted by Crippen LogP contribution is -2.49. The van der Waals surface area contributed by atoms with Crippen molar-refractivity contribution in [2.24, 2.45) is 0 Å².